The molecule has 0 aromatic heterocycles. The van der Waals surface area contributed by atoms with Crippen molar-refractivity contribution in [2.45, 2.75) is 33.6 Å². The molecule has 0 bridgehead atoms. The molecule has 0 radical (unpaired) electrons. The summed E-state index contributed by atoms with van der Waals surface area (Å²) in [5.41, 5.74) is 0. The van der Waals surface area contributed by atoms with Gasteiger partial charge in [-0.25, -0.2) is 0 Å². The fraction of sp³-hybridized carbons (Fsp3) is 0.941. The van der Waals surface area contributed by atoms with Crippen LogP contribution in [0.1, 0.15) is 33.6 Å². The number of piperidine rings is 1. The molecule has 136 valence electrons. The number of likely N-dealkylation sites (tertiary alicyclic amines) is 1. The monoisotopic (exact) mass is 438 g/mol. The lowest BCUT2D eigenvalue weighted by Crippen LogP contribution is -2.45. The van der Waals surface area contributed by atoms with E-state index in [4.69, 9.17) is 9.73 Å². The van der Waals surface area contributed by atoms with Crippen LogP contribution >= 0.6 is 24.0 Å². The number of rotatable bonds is 5. The highest BCUT2D eigenvalue weighted by Gasteiger charge is 2.19. The molecule has 0 aliphatic carbocycles. The van der Waals surface area contributed by atoms with E-state index in [1.54, 1.807) is 0 Å². The molecule has 0 amide bonds. The normalized spacial score (nSPS) is 22.6. The molecule has 0 aromatic carbocycles. The third kappa shape index (κ3) is 7.56. The highest BCUT2D eigenvalue weighted by atomic mass is 127. The minimum atomic E-state index is 0. The number of hydrogen-bond acceptors (Lipinski definition) is 3. The average Bonchev–Trinajstić information content (AvgIpc) is 2.53. The van der Waals surface area contributed by atoms with Crippen LogP contribution in [0.15, 0.2) is 4.99 Å². The molecule has 0 aromatic rings. The van der Waals surface area contributed by atoms with Crippen molar-refractivity contribution in [1.29, 1.82) is 0 Å². The lowest BCUT2D eigenvalue weighted by Gasteiger charge is -2.33. The quantitative estimate of drug-likeness (QED) is 0.406. The Morgan fingerprint density at radius 1 is 1.22 bits per heavy atom. The Bertz CT molecular complexity index is 339. The van der Waals surface area contributed by atoms with E-state index in [2.05, 4.69) is 35.9 Å². The number of morpholine rings is 1. The summed E-state index contributed by atoms with van der Waals surface area (Å²) in [5, 5.41) is 3.47. The van der Waals surface area contributed by atoms with Crippen LogP contribution in [0.3, 0.4) is 0 Å². The second-order valence-electron chi connectivity index (χ2n) is 6.88. The first-order valence-corrected chi connectivity index (χ1v) is 9.02. The number of guanidine groups is 1. The van der Waals surface area contributed by atoms with Crippen molar-refractivity contribution in [3.63, 3.8) is 0 Å². The first kappa shape index (κ1) is 21.0. The van der Waals surface area contributed by atoms with E-state index >= 15 is 0 Å². The van der Waals surface area contributed by atoms with E-state index in [9.17, 15) is 0 Å². The third-order valence-electron chi connectivity index (χ3n) is 4.64. The van der Waals surface area contributed by atoms with Gasteiger partial charge in [0.2, 0.25) is 0 Å². The Labute approximate surface area is 159 Å². The van der Waals surface area contributed by atoms with Crippen molar-refractivity contribution in [1.82, 2.24) is 15.1 Å². The molecule has 2 saturated heterocycles. The maximum Gasteiger partial charge on any atom is 0.193 e. The van der Waals surface area contributed by atoms with Gasteiger partial charge in [-0.15, -0.1) is 24.0 Å². The Kier molecular flexibility index (Phi) is 10.5. The first-order valence-electron chi connectivity index (χ1n) is 9.02. The number of nitrogens with one attached hydrogen (secondary N) is 1. The van der Waals surface area contributed by atoms with Crippen LogP contribution in [0.5, 0.6) is 0 Å². The summed E-state index contributed by atoms with van der Waals surface area (Å²) in [6, 6.07) is 0. The van der Waals surface area contributed by atoms with Gasteiger partial charge in [0.05, 0.1) is 13.2 Å². The fourth-order valence-corrected chi connectivity index (χ4v) is 3.17. The molecule has 2 aliphatic heterocycles. The van der Waals surface area contributed by atoms with Gasteiger partial charge in [-0.1, -0.05) is 13.8 Å². The highest BCUT2D eigenvalue weighted by Crippen LogP contribution is 2.16. The van der Waals surface area contributed by atoms with Crippen molar-refractivity contribution >= 4 is 29.9 Å². The van der Waals surface area contributed by atoms with Crippen molar-refractivity contribution in [3.05, 3.63) is 0 Å². The van der Waals surface area contributed by atoms with Gasteiger partial charge in [-0.3, -0.25) is 9.89 Å². The molecule has 2 aliphatic rings. The van der Waals surface area contributed by atoms with E-state index in [0.29, 0.717) is 5.92 Å². The minimum Gasteiger partial charge on any atom is -0.379 e. The molecule has 2 fully saturated rings. The summed E-state index contributed by atoms with van der Waals surface area (Å²) in [7, 11) is 0. The van der Waals surface area contributed by atoms with Crippen LogP contribution in [-0.2, 0) is 4.74 Å². The lowest BCUT2D eigenvalue weighted by molar-refractivity contribution is 0.0323. The van der Waals surface area contributed by atoms with Gasteiger partial charge in [-0.05, 0) is 31.6 Å². The average molecular weight is 438 g/mol. The summed E-state index contributed by atoms with van der Waals surface area (Å²) in [5.74, 6) is 2.57. The number of hydrogen-bond donors (Lipinski definition) is 1. The SMILES string of the molecule is CCNC(=NCC(C)CN1CCOCC1)N1CCC(C)CC1.I. The van der Waals surface area contributed by atoms with Crippen molar-refractivity contribution in [2.75, 3.05) is 59.0 Å². The molecule has 0 spiro atoms. The molecular formula is C17H35IN4O. The number of aliphatic imine (C=N–C) groups is 1. The van der Waals surface area contributed by atoms with Crippen LogP contribution in [0, 0.1) is 11.8 Å². The second-order valence-corrected chi connectivity index (χ2v) is 6.88. The topological polar surface area (TPSA) is 40.1 Å². The van der Waals surface area contributed by atoms with Crippen molar-refractivity contribution in [2.24, 2.45) is 16.8 Å². The zero-order valence-electron chi connectivity index (χ0n) is 15.1. The zero-order chi connectivity index (χ0) is 15.8. The van der Waals surface area contributed by atoms with Crippen LogP contribution in [-0.4, -0.2) is 74.8 Å². The summed E-state index contributed by atoms with van der Waals surface area (Å²) in [4.78, 5) is 9.84. The molecular weight excluding hydrogens is 403 g/mol. The van der Waals surface area contributed by atoms with E-state index < -0.39 is 0 Å². The largest absolute Gasteiger partial charge is 0.379 e. The van der Waals surface area contributed by atoms with E-state index in [1.165, 1.54) is 12.8 Å². The Morgan fingerprint density at radius 2 is 1.87 bits per heavy atom. The number of ether oxygens (including phenoxy) is 1. The van der Waals surface area contributed by atoms with Gasteiger partial charge in [-0.2, -0.15) is 0 Å². The smallest absolute Gasteiger partial charge is 0.193 e. The zero-order valence-corrected chi connectivity index (χ0v) is 17.4. The molecule has 2 heterocycles. The van der Waals surface area contributed by atoms with E-state index in [-0.39, 0.29) is 24.0 Å². The van der Waals surface area contributed by atoms with Crippen molar-refractivity contribution < 1.29 is 4.74 Å². The van der Waals surface area contributed by atoms with Gasteiger partial charge >= 0.3 is 0 Å². The van der Waals surface area contributed by atoms with E-state index in [1.807, 2.05) is 0 Å². The lowest BCUT2D eigenvalue weighted by atomic mass is 9.99. The van der Waals surface area contributed by atoms with Crippen LogP contribution in [0.4, 0.5) is 0 Å². The Morgan fingerprint density at radius 3 is 2.48 bits per heavy atom. The molecule has 6 heteroatoms. The number of halogens is 1. The van der Waals surface area contributed by atoms with Gasteiger partial charge < -0.3 is 15.0 Å². The van der Waals surface area contributed by atoms with Crippen LogP contribution in [0.2, 0.25) is 0 Å². The molecule has 2 rings (SSSR count). The predicted octanol–water partition coefficient (Wildman–Crippen LogP) is 2.27. The number of nitrogens with zero attached hydrogens (tertiary/aromatic N) is 3. The molecule has 0 saturated carbocycles. The summed E-state index contributed by atoms with van der Waals surface area (Å²) < 4.78 is 5.41. The Hall–Kier alpha value is -0.0800. The molecule has 1 atom stereocenters. The predicted molar refractivity (Wildman–Crippen MR) is 108 cm³/mol. The van der Waals surface area contributed by atoms with Gasteiger partial charge in [0, 0.05) is 45.8 Å². The summed E-state index contributed by atoms with van der Waals surface area (Å²) >= 11 is 0. The first-order chi connectivity index (χ1) is 10.7. The van der Waals surface area contributed by atoms with Crippen LogP contribution < -0.4 is 5.32 Å². The molecule has 1 N–H and O–H groups in total. The molecule has 1 unspecified atom stereocenters. The minimum absolute atomic E-state index is 0. The fourth-order valence-electron chi connectivity index (χ4n) is 3.17. The molecule has 5 nitrogen and oxygen atoms in total. The maximum atomic E-state index is 5.41. The Balaban J connectivity index is 0.00000264. The summed E-state index contributed by atoms with van der Waals surface area (Å²) in [6.45, 7) is 16.0. The van der Waals surface area contributed by atoms with Gasteiger partial charge in [0.1, 0.15) is 0 Å². The van der Waals surface area contributed by atoms with Gasteiger partial charge in [0.25, 0.3) is 0 Å². The van der Waals surface area contributed by atoms with Gasteiger partial charge in [0.15, 0.2) is 5.96 Å². The second kappa shape index (κ2) is 11.5. The van der Waals surface area contributed by atoms with E-state index in [0.717, 1.165) is 70.9 Å². The van der Waals surface area contributed by atoms with Crippen molar-refractivity contribution in [3.8, 4) is 0 Å². The van der Waals surface area contributed by atoms with Crippen LogP contribution in [0.25, 0.3) is 0 Å². The maximum absolute atomic E-state index is 5.41. The summed E-state index contributed by atoms with van der Waals surface area (Å²) in [6.07, 6.45) is 2.57. The molecule has 23 heavy (non-hydrogen) atoms. The third-order valence-corrected chi connectivity index (χ3v) is 4.64. The standard InChI is InChI=1S/C17H34N4O.HI/c1-4-18-17(21-7-5-15(2)6-8-21)19-13-16(3)14-20-9-11-22-12-10-20;/h15-16H,4-14H2,1-3H3,(H,18,19);1H. The highest BCUT2D eigenvalue weighted by molar-refractivity contribution is 14.0.